The Kier molecular flexibility index (Phi) is 6.66. The highest BCUT2D eigenvalue weighted by atomic mass is 127. The molecule has 0 bridgehead atoms. The Labute approximate surface area is 109 Å². The standard InChI is InChI=1S/C7H8Cl2N2S.HI/c1-12-7(10)6-4(8)2-11-3-5(6)9;/h2-3,7H,10H2,1H3;1H. The largest absolute Gasteiger partial charge is 1.00 e. The molecule has 2 nitrogen and oxygen atoms in total. The van der Waals surface area contributed by atoms with E-state index in [1.165, 1.54) is 0 Å². The van der Waals surface area contributed by atoms with Crippen molar-refractivity contribution in [3.05, 3.63) is 28.0 Å². The van der Waals surface area contributed by atoms with Crippen LogP contribution >= 0.6 is 35.0 Å². The molecule has 6 heteroatoms. The average molecular weight is 351 g/mol. The molecule has 1 aromatic rings. The molecule has 1 atom stereocenters. The Balaban J connectivity index is 0.00000144. The Morgan fingerprint density at radius 1 is 1.38 bits per heavy atom. The summed E-state index contributed by atoms with van der Waals surface area (Å²) in [5.41, 5.74) is 4.78. The van der Waals surface area contributed by atoms with Crippen molar-refractivity contribution >= 4 is 35.0 Å². The van der Waals surface area contributed by atoms with Gasteiger partial charge in [0.2, 0.25) is 0 Å². The summed E-state index contributed by atoms with van der Waals surface area (Å²) in [6.45, 7) is 0. The van der Waals surface area contributed by atoms with Gasteiger partial charge in [0.05, 0.1) is 15.6 Å². The minimum absolute atomic E-state index is 0. The zero-order valence-corrected chi connectivity index (χ0v) is 11.4. The van der Waals surface area contributed by atoms with Crippen LogP contribution in [0.2, 0.25) is 10.0 Å². The third kappa shape index (κ3) is 3.43. The van der Waals surface area contributed by atoms with Gasteiger partial charge in [0.1, 0.15) is 0 Å². The summed E-state index contributed by atoms with van der Waals surface area (Å²) in [7, 11) is 0. The third-order valence-corrected chi connectivity index (χ3v) is 2.90. The van der Waals surface area contributed by atoms with E-state index < -0.39 is 0 Å². The molecule has 0 saturated carbocycles. The first-order valence-corrected chi connectivity index (χ1v) is 5.36. The number of halogens is 3. The molecule has 0 radical (unpaired) electrons. The first kappa shape index (κ1) is 13.8. The fourth-order valence-corrected chi connectivity index (χ4v) is 2.09. The highest BCUT2D eigenvalue weighted by Gasteiger charge is 2.15. The third-order valence-electron chi connectivity index (χ3n) is 1.50. The lowest BCUT2D eigenvalue weighted by molar-refractivity contribution is -0.391. The monoisotopic (exact) mass is 350 g/mol. The van der Waals surface area contributed by atoms with Gasteiger partial charge in [-0.2, -0.15) is 0 Å². The van der Waals surface area contributed by atoms with Gasteiger partial charge in [0, 0.05) is 12.4 Å². The van der Waals surface area contributed by atoms with Gasteiger partial charge in [-0.3, -0.25) is 4.98 Å². The van der Waals surface area contributed by atoms with Crippen LogP contribution in [0.3, 0.4) is 0 Å². The number of hydrogen-bond donors (Lipinski definition) is 1. The van der Waals surface area contributed by atoms with E-state index in [-0.39, 0.29) is 29.4 Å². The highest BCUT2D eigenvalue weighted by molar-refractivity contribution is 7.98. The minimum Gasteiger partial charge on any atom is -1.00 e. The molecule has 3 N–H and O–H groups in total. The number of hydrogen-bond acceptors (Lipinski definition) is 2. The summed E-state index contributed by atoms with van der Waals surface area (Å²) in [4.78, 5) is 3.86. The van der Waals surface area contributed by atoms with Gasteiger partial charge in [0.15, 0.2) is 5.37 Å². The van der Waals surface area contributed by atoms with E-state index in [0.29, 0.717) is 10.0 Å². The van der Waals surface area contributed by atoms with Gasteiger partial charge < -0.3 is 29.7 Å². The molecule has 1 heterocycles. The summed E-state index contributed by atoms with van der Waals surface area (Å²) in [5.74, 6) is 0. The van der Waals surface area contributed by atoms with Crippen LogP contribution in [-0.4, -0.2) is 11.2 Å². The van der Waals surface area contributed by atoms with Gasteiger partial charge in [-0.1, -0.05) is 35.0 Å². The lowest BCUT2D eigenvalue weighted by atomic mass is 10.3. The second kappa shape index (κ2) is 6.29. The molecule has 13 heavy (non-hydrogen) atoms. The van der Waals surface area contributed by atoms with Gasteiger partial charge in [-0.15, -0.1) is 0 Å². The van der Waals surface area contributed by atoms with Gasteiger partial charge >= 0.3 is 0 Å². The Morgan fingerprint density at radius 2 is 1.85 bits per heavy atom. The lowest BCUT2D eigenvalue weighted by Gasteiger charge is -2.08. The van der Waals surface area contributed by atoms with Gasteiger partial charge in [-0.25, -0.2) is 0 Å². The van der Waals surface area contributed by atoms with E-state index in [1.54, 1.807) is 24.2 Å². The predicted octanol–water partition coefficient (Wildman–Crippen LogP) is -1.00. The predicted molar refractivity (Wildman–Crippen MR) is 53.4 cm³/mol. The maximum Gasteiger partial charge on any atom is 0.160 e. The van der Waals surface area contributed by atoms with E-state index >= 15 is 0 Å². The Morgan fingerprint density at radius 3 is 2.23 bits per heavy atom. The molecule has 1 rings (SSSR count). The van der Waals surface area contributed by atoms with E-state index in [2.05, 4.69) is 10.7 Å². The molecule has 0 saturated heterocycles. The SMILES string of the molecule is CSC([NH3+])c1c(Cl)cncc1Cl.[I-]. The molecule has 0 fully saturated rings. The first-order chi connectivity index (χ1) is 5.66. The molecule has 0 spiro atoms. The van der Waals surface area contributed by atoms with Crippen LogP contribution in [0.25, 0.3) is 0 Å². The number of pyridine rings is 1. The molecule has 0 aliphatic heterocycles. The van der Waals surface area contributed by atoms with Crippen molar-refractivity contribution in [3.8, 4) is 0 Å². The molecule has 0 aliphatic rings. The van der Waals surface area contributed by atoms with Crippen LogP contribution in [0.4, 0.5) is 0 Å². The average Bonchev–Trinajstić information content (AvgIpc) is 2.03. The second-order valence-corrected chi connectivity index (χ2v) is 4.10. The smallest absolute Gasteiger partial charge is 0.160 e. The van der Waals surface area contributed by atoms with Crippen LogP contribution in [0.15, 0.2) is 12.4 Å². The second-order valence-electron chi connectivity index (χ2n) is 2.24. The molecule has 0 aliphatic carbocycles. The summed E-state index contributed by atoms with van der Waals surface area (Å²) >= 11 is 13.4. The van der Waals surface area contributed by atoms with Crippen LogP contribution < -0.4 is 29.7 Å². The maximum atomic E-state index is 5.90. The van der Waals surface area contributed by atoms with Crippen molar-refractivity contribution in [2.75, 3.05) is 6.26 Å². The highest BCUT2D eigenvalue weighted by Crippen LogP contribution is 2.31. The number of nitrogens with zero attached hydrogens (tertiary/aromatic N) is 1. The zero-order valence-electron chi connectivity index (χ0n) is 6.93. The molecule has 74 valence electrons. The summed E-state index contributed by atoms with van der Waals surface area (Å²) in [5, 5.41) is 1.22. The van der Waals surface area contributed by atoms with Crippen molar-refractivity contribution in [3.63, 3.8) is 0 Å². The lowest BCUT2D eigenvalue weighted by Crippen LogP contribution is -3.00. The molecule has 0 amide bonds. The van der Waals surface area contributed by atoms with Crippen LogP contribution in [0, 0.1) is 0 Å². The fraction of sp³-hybridized carbons (Fsp3) is 0.286. The summed E-state index contributed by atoms with van der Waals surface area (Å²) in [6.07, 6.45) is 5.12. The van der Waals surface area contributed by atoms with E-state index in [0.717, 1.165) is 5.56 Å². The van der Waals surface area contributed by atoms with E-state index in [4.69, 9.17) is 23.2 Å². The number of quaternary nitrogens is 1. The molecule has 1 aromatic heterocycles. The number of rotatable bonds is 2. The van der Waals surface area contributed by atoms with Gasteiger partial charge in [0.25, 0.3) is 0 Å². The normalized spacial score (nSPS) is 12.0. The molecular weight excluding hydrogens is 342 g/mol. The van der Waals surface area contributed by atoms with Gasteiger partial charge in [-0.05, 0) is 6.26 Å². The summed E-state index contributed by atoms with van der Waals surface area (Å²) in [6, 6.07) is 0. The quantitative estimate of drug-likeness (QED) is 0.549. The van der Waals surface area contributed by atoms with Crippen LogP contribution in [-0.2, 0) is 0 Å². The molecule has 1 unspecified atom stereocenters. The topological polar surface area (TPSA) is 40.5 Å². The van der Waals surface area contributed by atoms with Crippen molar-refractivity contribution in [2.24, 2.45) is 0 Å². The Bertz CT molecular complexity index is 265. The van der Waals surface area contributed by atoms with E-state index in [9.17, 15) is 0 Å². The fourth-order valence-electron chi connectivity index (χ4n) is 0.847. The zero-order chi connectivity index (χ0) is 9.14. The van der Waals surface area contributed by atoms with Crippen molar-refractivity contribution in [1.29, 1.82) is 0 Å². The number of thioether (sulfide) groups is 1. The maximum absolute atomic E-state index is 5.90. The number of aromatic nitrogens is 1. The summed E-state index contributed by atoms with van der Waals surface area (Å²) < 4.78 is 0. The minimum atomic E-state index is 0. The van der Waals surface area contributed by atoms with Crippen LogP contribution in [0.1, 0.15) is 10.9 Å². The Hall–Kier alpha value is 0.770. The van der Waals surface area contributed by atoms with Crippen molar-refractivity contribution in [1.82, 2.24) is 4.98 Å². The molecular formula is C7H9Cl2IN2S. The molecule has 0 aromatic carbocycles. The van der Waals surface area contributed by atoms with Crippen molar-refractivity contribution < 1.29 is 29.7 Å². The first-order valence-electron chi connectivity index (χ1n) is 3.31. The van der Waals surface area contributed by atoms with Crippen LogP contribution in [0.5, 0.6) is 0 Å². The van der Waals surface area contributed by atoms with E-state index in [1.807, 2.05) is 6.26 Å². The van der Waals surface area contributed by atoms with Crippen molar-refractivity contribution in [2.45, 2.75) is 5.37 Å².